The second-order valence-corrected chi connectivity index (χ2v) is 7.03. The van der Waals surface area contributed by atoms with E-state index >= 15 is 0 Å². The normalized spacial score (nSPS) is 12.3. The van der Waals surface area contributed by atoms with E-state index in [-0.39, 0.29) is 5.97 Å². The fraction of sp³-hybridized carbons (Fsp3) is 0.952. The number of ether oxygens (including phenoxy) is 1. The molecule has 0 amide bonds. The summed E-state index contributed by atoms with van der Waals surface area (Å²) in [4.78, 5) is 11.7. The zero-order chi connectivity index (χ0) is 17.2. The second kappa shape index (κ2) is 17.8. The third kappa shape index (κ3) is 16.1. The molecule has 2 nitrogen and oxygen atoms in total. The van der Waals surface area contributed by atoms with Crippen LogP contribution in [-0.2, 0) is 9.53 Å². The molecule has 0 saturated carbocycles. The van der Waals surface area contributed by atoms with E-state index < -0.39 is 0 Å². The topological polar surface area (TPSA) is 26.3 Å². The minimum Gasteiger partial charge on any atom is -0.466 e. The minimum atomic E-state index is 0.0155. The molecule has 0 radical (unpaired) electrons. The van der Waals surface area contributed by atoms with Gasteiger partial charge in [0.15, 0.2) is 0 Å². The summed E-state index contributed by atoms with van der Waals surface area (Å²) in [7, 11) is 0. The van der Waals surface area contributed by atoms with Crippen molar-refractivity contribution in [1.29, 1.82) is 0 Å². The second-order valence-electron chi connectivity index (χ2n) is 7.03. The highest BCUT2D eigenvalue weighted by Gasteiger charge is 2.10. The van der Waals surface area contributed by atoms with Crippen LogP contribution >= 0.6 is 0 Å². The monoisotopic (exact) mass is 326 g/mol. The molecule has 0 saturated heterocycles. The third-order valence-electron chi connectivity index (χ3n) is 4.71. The fourth-order valence-electron chi connectivity index (χ4n) is 3.07. The Hall–Kier alpha value is -0.530. The van der Waals surface area contributed by atoms with Crippen molar-refractivity contribution in [3.63, 3.8) is 0 Å². The van der Waals surface area contributed by atoms with Crippen LogP contribution in [0.4, 0.5) is 0 Å². The van der Waals surface area contributed by atoms with Gasteiger partial charge in [-0.15, -0.1) is 0 Å². The van der Waals surface area contributed by atoms with E-state index in [1.54, 1.807) is 0 Å². The van der Waals surface area contributed by atoms with E-state index in [0.717, 1.165) is 18.8 Å². The van der Waals surface area contributed by atoms with Crippen LogP contribution in [0.1, 0.15) is 117 Å². The quantitative estimate of drug-likeness (QED) is 0.211. The maximum Gasteiger partial charge on any atom is 0.305 e. The van der Waals surface area contributed by atoms with E-state index in [0.29, 0.717) is 13.0 Å². The Labute approximate surface area is 145 Å². The average molecular weight is 327 g/mol. The summed E-state index contributed by atoms with van der Waals surface area (Å²) in [5, 5.41) is 0. The number of carbonyl (C=O) groups excluding carboxylic acids is 1. The predicted octanol–water partition coefficient (Wildman–Crippen LogP) is 7.06. The Bertz CT molecular complexity index is 250. The van der Waals surface area contributed by atoms with Gasteiger partial charge in [0.25, 0.3) is 0 Å². The molecule has 0 aliphatic rings. The lowest BCUT2D eigenvalue weighted by Gasteiger charge is -2.16. The fourth-order valence-corrected chi connectivity index (χ4v) is 3.07. The van der Waals surface area contributed by atoms with Crippen LogP contribution in [-0.4, -0.2) is 12.6 Å². The summed E-state index contributed by atoms with van der Waals surface area (Å²) >= 11 is 0. The van der Waals surface area contributed by atoms with Crippen LogP contribution in [0, 0.1) is 5.92 Å². The maximum absolute atomic E-state index is 11.7. The maximum atomic E-state index is 11.7. The molecular formula is C21H42O2. The summed E-state index contributed by atoms with van der Waals surface area (Å²) in [6.07, 6.45) is 18.2. The molecule has 2 heteroatoms. The lowest BCUT2D eigenvalue weighted by molar-refractivity contribution is -0.144. The van der Waals surface area contributed by atoms with E-state index in [1.807, 2.05) is 0 Å². The number of carbonyl (C=O) groups is 1. The molecule has 0 aliphatic heterocycles. The highest BCUT2D eigenvalue weighted by Crippen LogP contribution is 2.21. The number of hydrogen-bond donors (Lipinski definition) is 0. The first-order valence-corrected chi connectivity index (χ1v) is 10.4. The molecule has 0 aromatic rings. The van der Waals surface area contributed by atoms with Gasteiger partial charge < -0.3 is 4.74 Å². The smallest absolute Gasteiger partial charge is 0.305 e. The zero-order valence-corrected chi connectivity index (χ0v) is 16.2. The summed E-state index contributed by atoms with van der Waals surface area (Å²) in [5.41, 5.74) is 0. The largest absolute Gasteiger partial charge is 0.466 e. The van der Waals surface area contributed by atoms with E-state index in [1.165, 1.54) is 77.0 Å². The molecule has 0 rings (SSSR count). The van der Waals surface area contributed by atoms with Crippen molar-refractivity contribution in [2.24, 2.45) is 5.92 Å². The molecule has 1 atom stereocenters. The third-order valence-corrected chi connectivity index (χ3v) is 4.71. The van der Waals surface area contributed by atoms with Crippen molar-refractivity contribution in [2.75, 3.05) is 6.61 Å². The first-order chi connectivity index (χ1) is 11.2. The Morgan fingerprint density at radius 1 is 0.696 bits per heavy atom. The number of hydrogen-bond acceptors (Lipinski definition) is 2. The standard InChI is InChI=1S/C21H42O2/c1-4-7-10-12-14-17-21(22)23-19-18-20(15-9-6-3)16-13-11-8-5-2/h20H,4-19H2,1-3H3. The molecular weight excluding hydrogens is 284 g/mol. The lowest BCUT2D eigenvalue weighted by Crippen LogP contribution is -2.10. The molecule has 0 aliphatic carbocycles. The molecule has 23 heavy (non-hydrogen) atoms. The Kier molecular flexibility index (Phi) is 17.4. The SMILES string of the molecule is CCCCCCCC(=O)OCCC(CCCC)CCCCCC. The minimum absolute atomic E-state index is 0.0155. The average Bonchev–Trinajstić information content (AvgIpc) is 2.55. The highest BCUT2D eigenvalue weighted by atomic mass is 16.5. The molecule has 0 aromatic carbocycles. The molecule has 0 spiro atoms. The van der Waals surface area contributed by atoms with Gasteiger partial charge in [0.05, 0.1) is 6.61 Å². The van der Waals surface area contributed by atoms with Crippen molar-refractivity contribution in [2.45, 2.75) is 117 Å². The van der Waals surface area contributed by atoms with Crippen LogP contribution in [0.15, 0.2) is 0 Å². The number of rotatable bonds is 17. The summed E-state index contributed by atoms with van der Waals surface area (Å²) in [6, 6.07) is 0. The Morgan fingerprint density at radius 3 is 1.91 bits per heavy atom. The highest BCUT2D eigenvalue weighted by molar-refractivity contribution is 5.69. The molecule has 0 bridgehead atoms. The van der Waals surface area contributed by atoms with Crippen molar-refractivity contribution >= 4 is 5.97 Å². The van der Waals surface area contributed by atoms with Gasteiger partial charge in [0.2, 0.25) is 0 Å². The Morgan fingerprint density at radius 2 is 1.26 bits per heavy atom. The van der Waals surface area contributed by atoms with Gasteiger partial charge >= 0.3 is 5.97 Å². The van der Waals surface area contributed by atoms with Gasteiger partial charge in [-0.1, -0.05) is 97.8 Å². The zero-order valence-electron chi connectivity index (χ0n) is 16.2. The molecule has 0 N–H and O–H groups in total. The van der Waals surface area contributed by atoms with Crippen molar-refractivity contribution in [3.8, 4) is 0 Å². The van der Waals surface area contributed by atoms with Crippen LogP contribution in [0.25, 0.3) is 0 Å². The van der Waals surface area contributed by atoms with Crippen molar-refractivity contribution in [1.82, 2.24) is 0 Å². The van der Waals surface area contributed by atoms with Crippen LogP contribution in [0.3, 0.4) is 0 Å². The van der Waals surface area contributed by atoms with Crippen LogP contribution in [0.2, 0.25) is 0 Å². The summed E-state index contributed by atoms with van der Waals surface area (Å²) in [6.45, 7) is 7.37. The molecule has 138 valence electrons. The first kappa shape index (κ1) is 22.5. The summed E-state index contributed by atoms with van der Waals surface area (Å²) < 4.78 is 5.45. The van der Waals surface area contributed by atoms with E-state index in [9.17, 15) is 4.79 Å². The van der Waals surface area contributed by atoms with Crippen LogP contribution < -0.4 is 0 Å². The van der Waals surface area contributed by atoms with Crippen molar-refractivity contribution in [3.05, 3.63) is 0 Å². The predicted molar refractivity (Wildman–Crippen MR) is 101 cm³/mol. The number of esters is 1. The first-order valence-electron chi connectivity index (χ1n) is 10.4. The number of unbranched alkanes of at least 4 members (excludes halogenated alkanes) is 8. The van der Waals surface area contributed by atoms with Gasteiger partial charge in [-0.25, -0.2) is 0 Å². The van der Waals surface area contributed by atoms with Gasteiger partial charge in [-0.2, -0.15) is 0 Å². The molecule has 0 aromatic heterocycles. The lowest BCUT2D eigenvalue weighted by atomic mass is 9.92. The molecule has 0 heterocycles. The van der Waals surface area contributed by atoms with Crippen LogP contribution in [0.5, 0.6) is 0 Å². The van der Waals surface area contributed by atoms with Gasteiger partial charge in [0.1, 0.15) is 0 Å². The molecule has 1 unspecified atom stereocenters. The van der Waals surface area contributed by atoms with E-state index in [4.69, 9.17) is 4.74 Å². The van der Waals surface area contributed by atoms with E-state index in [2.05, 4.69) is 20.8 Å². The van der Waals surface area contributed by atoms with Gasteiger partial charge in [-0.05, 0) is 18.8 Å². The molecule has 0 fully saturated rings. The van der Waals surface area contributed by atoms with Gasteiger partial charge in [0, 0.05) is 6.42 Å². The van der Waals surface area contributed by atoms with Crippen molar-refractivity contribution < 1.29 is 9.53 Å². The summed E-state index contributed by atoms with van der Waals surface area (Å²) in [5.74, 6) is 0.769. The van der Waals surface area contributed by atoms with Gasteiger partial charge in [-0.3, -0.25) is 4.79 Å². The Balaban J connectivity index is 3.71.